The molecule has 0 spiro atoms. The van der Waals surface area contributed by atoms with E-state index >= 15 is 0 Å². The molecule has 3 rings (SSSR count). The summed E-state index contributed by atoms with van der Waals surface area (Å²) in [5.74, 6) is -6.49. The Hall–Kier alpha value is -2.53. The molecule has 0 radical (unpaired) electrons. The first-order valence-electron chi connectivity index (χ1n) is 7.76. The highest BCUT2D eigenvalue weighted by atomic mass is 32.2. The molecule has 1 amide bonds. The lowest BCUT2D eigenvalue weighted by molar-refractivity contribution is 0.0697. The standard InChI is InChI=1S/C16H13F4N3O3S/c17-11-1-2-12(15(20)14(11)19)27(25,26)23-7-5-22(6-8-23)16(24)10-3-4-21-13(18)9-10/h1-4,9H,5-8H2. The van der Waals surface area contributed by atoms with Crippen LogP contribution in [0.2, 0.25) is 0 Å². The van der Waals surface area contributed by atoms with Crippen molar-refractivity contribution in [2.75, 3.05) is 26.2 Å². The van der Waals surface area contributed by atoms with Crippen molar-refractivity contribution in [3.63, 3.8) is 0 Å². The molecule has 1 fully saturated rings. The van der Waals surface area contributed by atoms with Gasteiger partial charge < -0.3 is 4.90 Å². The number of carbonyl (C=O) groups is 1. The highest BCUT2D eigenvalue weighted by molar-refractivity contribution is 7.89. The predicted molar refractivity (Wildman–Crippen MR) is 85.2 cm³/mol. The molecular weight excluding hydrogens is 390 g/mol. The fourth-order valence-electron chi connectivity index (χ4n) is 2.70. The van der Waals surface area contributed by atoms with E-state index in [9.17, 15) is 30.8 Å². The Balaban J connectivity index is 1.75. The number of pyridine rings is 1. The second kappa shape index (κ2) is 7.24. The number of rotatable bonds is 3. The maximum Gasteiger partial charge on any atom is 0.254 e. The number of sulfonamides is 1. The third kappa shape index (κ3) is 3.65. The maximum absolute atomic E-state index is 13.9. The summed E-state index contributed by atoms with van der Waals surface area (Å²) in [6, 6.07) is 3.47. The molecule has 0 unspecified atom stereocenters. The summed E-state index contributed by atoms with van der Waals surface area (Å²) < 4.78 is 79.2. The molecule has 1 saturated heterocycles. The van der Waals surface area contributed by atoms with Gasteiger partial charge in [-0.3, -0.25) is 4.79 Å². The fourth-order valence-corrected chi connectivity index (χ4v) is 4.17. The topological polar surface area (TPSA) is 70.6 Å². The molecule has 2 aromatic rings. The highest BCUT2D eigenvalue weighted by Gasteiger charge is 2.33. The predicted octanol–water partition coefficient (Wildman–Crippen LogP) is 1.78. The molecule has 11 heteroatoms. The van der Waals surface area contributed by atoms with Crippen molar-refractivity contribution in [3.8, 4) is 0 Å². The number of benzene rings is 1. The van der Waals surface area contributed by atoms with Crippen LogP contribution in [0.15, 0.2) is 35.4 Å². The molecule has 144 valence electrons. The molecular formula is C16H13F4N3O3S. The molecule has 0 N–H and O–H groups in total. The van der Waals surface area contributed by atoms with E-state index in [4.69, 9.17) is 0 Å². The van der Waals surface area contributed by atoms with Gasteiger partial charge in [-0.15, -0.1) is 0 Å². The van der Waals surface area contributed by atoms with Gasteiger partial charge in [-0.2, -0.15) is 8.70 Å². The Labute approximate surface area is 152 Å². The van der Waals surface area contributed by atoms with Crippen molar-refractivity contribution in [3.05, 3.63) is 59.4 Å². The average Bonchev–Trinajstić information content (AvgIpc) is 2.65. The van der Waals surface area contributed by atoms with Gasteiger partial charge in [0.2, 0.25) is 16.0 Å². The minimum Gasteiger partial charge on any atom is -0.336 e. The van der Waals surface area contributed by atoms with Crippen LogP contribution in [0.25, 0.3) is 0 Å². The average molecular weight is 403 g/mol. The molecule has 27 heavy (non-hydrogen) atoms. The Morgan fingerprint density at radius 2 is 1.63 bits per heavy atom. The van der Waals surface area contributed by atoms with Crippen LogP contribution in [0.5, 0.6) is 0 Å². The zero-order chi connectivity index (χ0) is 19.8. The van der Waals surface area contributed by atoms with E-state index in [0.29, 0.717) is 12.1 Å². The number of nitrogens with zero attached hydrogens (tertiary/aromatic N) is 3. The van der Waals surface area contributed by atoms with Crippen molar-refractivity contribution in [2.24, 2.45) is 0 Å². The van der Waals surface area contributed by atoms with E-state index in [2.05, 4.69) is 4.98 Å². The largest absolute Gasteiger partial charge is 0.336 e. The number of aromatic nitrogens is 1. The Kier molecular flexibility index (Phi) is 5.16. The summed E-state index contributed by atoms with van der Waals surface area (Å²) in [4.78, 5) is 16.0. The van der Waals surface area contributed by atoms with Crippen LogP contribution in [0.3, 0.4) is 0 Å². The van der Waals surface area contributed by atoms with Gasteiger partial charge in [0.05, 0.1) is 0 Å². The van der Waals surface area contributed by atoms with Crippen LogP contribution in [0, 0.1) is 23.4 Å². The van der Waals surface area contributed by atoms with Crippen molar-refractivity contribution in [2.45, 2.75) is 4.90 Å². The van der Waals surface area contributed by atoms with E-state index in [-0.39, 0.29) is 31.7 Å². The van der Waals surface area contributed by atoms with E-state index in [1.807, 2.05) is 0 Å². The first-order valence-corrected chi connectivity index (χ1v) is 9.20. The van der Waals surface area contributed by atoms with E-state index < -0.39 is 44.2 Å². The fraction of sp³-hybridized carbons (Fsp3) is 0.250. The Morgan fingerprint density at radius 1 is 0.963 bits per heavy atom. The summed E-state index contributed by atoms with van der Waals surface area (Å²) in [6.07, 6.45) is 1.13. The van der Waals surface area contributed by atoms with Gasteiger partial charge in [0.1, 0.15) is 4.90 Å². The molecule has 1 aromatic carbocycles. The first kappa shape index (κ1) is 19.2. The third-order valence-corrected chi connectivity index (χ3v) is 6.03. The van der Waals surface area contributed by atoms with Crippen molar-refractivity contribution in [1.82, 2.24) is 14.2 Å². The van der Waals surface area contributed by atoms with Crippen LogP contribution >= 0.6 is 0 Å². The molecule has 6 nitrogen and oxygen atoms in total. The number of hydrogen-bond acceptors (Lipinski definition) is 4. The number of hydrogen-bond donors (Lipinski definition) is 0. The van der Waals surface area contributed by atoms with E-state index in [1.165, 1.54) is 11.0 Å². The summed E-state index contributed by atoms with van der Waals surface area (Å²) >= 11 is 0. The van der Waals surface area contributed by atoms with Crippen LogP contribution in [0.1, 0.15) is 10.4 Å². The quantitative estimate of drug-likeness (QED) is 0.445. The molecule has 0 saturated carbocycles. The van der Waals surface area contributed by atoms with Crippen LogP contribution in [-0.4, -0.2) is 54.7 Å². The number of piperazine rings is 1. The summed E-state index contributed by atoms with van der Waals surface area (Å²) in [6.45, 7) is -0.430. The molecule has 2 heterocycles. The number of amides is 1. The van der Waals surface area contributed by atoms with Crippen molar-refractivity contribution >= 4 is 15.9 Å². The Morgan fingerprint density at radius 3 is 2.26 bits per heavy atom. The van der Waals surface area contributed by atoms with E-state index in [0.717, 1.165) is 16.6 Å². The first-order chi connectivity index (χ1) is 12.7. The second-order valence-corrected chi connectivity index (χ2v) is 7.64. The lowest BCUT2D eigenvalue weighted by Gasteiger charge is -2.34. The van der Waals surface area contributed by atoms with Gasteiger partial charge in [-0.05, 0) is 18.2 Å². The zero-order valence-electron chi connectivity index (χ0n) is 13.7. The van der Waals surface area contributed by atoms with Gasteiger partial charge in [0.25, 0.3) is 5.91 Å². The van der Waals surface area contributed by atoms with Crippen LogP contribution in [-0.2, 0) is 10.0 Å². The lowest BCUT2D eigenvalue weighted by Crippen LogP contribution is -2.50. The molecule has 0 atom stereocenters. The minimum atomic E-state index is -4.41. The third-order valence-electron chi connectivity index (χ3n) is 4.12. The lowest BCUT2D eigenvalue weighted by atomic mass is 10.2. The molecule has 0 aliphatic carbocycles. The van der Waals surface area contributed by atoms with E-state index in [1.54, 1.807) is 0 Å². The summed E-state index contributed by atoms with van der Waals surface area (Å²) in [5, 5.41) is 0. The molecule has 0 bridgehead atoms. The zero-order valence-corrected chi connectivity index (χ0v) is 14.5. The Bertz CT molecular complexity index is 992. The summed E-state index contributed by atoms with van der Waals surface area (Å²) in [5.41, 5.74) is 0.0606. The normalized spacial score (nSPS) is 15.8. The van der Waals surface area contributed by atoms with Crippen LogP contribution < -0.4 is 0 Å². The smallest absolute Gasteiger partial charge is 0.254 e. The second-order valence-electron chi connectivity index (χ2n) is 5.74. The van der Waals surface area contributed by atoms with Gasteiger partial charge in [-0.1, -0.05) is 0 Å². The highest BCUT2D eigenvalue weighted by Crippen LogP contribution is 2.24. The molecule has 1 aromatic heterocycles. The number of carbonyl (C=O) groups excluding carboxylic acids is 1. The minimum absolute atomic E-state index is 0.0344. The van der Waals surface area contributed by atoms with Gasteiger partial charge >= 0.3 is 0 Å². The molecule has 1 aliphatic rings. The maximum atomic E-state index is 13.9. The molecule has 1 aliphatic heterocycles. The SMILES string of the molecule is O=C(c1ccnc(F)c1)N1CCN(S(=O)(=O)c2ccc(F)c(F)c2F)CC1. The van der Waals surface area contributed by atoms with Crippen LogP contribution in [0.4, 0.5) is 17.6 Å². The monoisotopic (exact) mass is 403 g/mol. The van der Waals surface area contributed by atoms with Gasteiger partial charge in [0, 0.05) is 44.0 Å². The summed E-state index contributed by atoms with van der Waals surface area (Å²) in [7, 11) is -4.41. The number of halogens is 4. The van der Waals surface area contributed by atoms with Crippen molar-refractivity contribution in [1.29, 1.82) is 0 Å². The van der Waals surface area contributed by atoms with Crippen molar-refractivity contribution < 1.29 is 30.8 Å². The van der Waals surface area contributed by atoms with Gasteiger partial charge in [0.15, 0.2) is 17.5 Å². The van der Waals surface area contributed by atoms with Gasteiger partial charge in [-0.25, -0.2) is 26.6 Å².